The van der Waals surface area contributed by atoms with E-state index in [2.05, 4.69) is 20.2 Å². The van der Waals surface area contributed by atoms with Gasteiger partial charge in [0.15, 0.2) is 17.0 Å². The van der Waals surface area contributed by atoms with Crippen molar-refractivity contribution in [2.45, 2.75) is 31.3 Å². The summed E-state index contributed by atoms with van der Waals surface area (Å²) < 4.78 is 1.90. The zero-order chi connectivity index (χ0) is 16.0. The van der Waals surface area contributed by atoms with Crippen LogP contribution in [0, 0.1) is 10.8 Å². The molecule has 3 N–H and O–H groups in total. The van der Waals surface area contributed by atoms with Crippen LogP contribution in [0.4, 0.5) is 11.8 Å². The predicted molar refractivity (Wildman–Crippen MR) is 84.4 cm³/mol. The van der Waals surface area contributed by atoms with E-state index in [-0.39, 0.29) is 30.6 Å². The van der Waals surface area contributed by atoms with Gasteiger partial charge in [-0.2, -0.15) is 9.97 Å². The van der Waals surface area contributed by atoms with Crippen molar-refractivity contribution in [1.29, 1.82) is 0 Å². The highest BCUT2D eigenvalue weighted by Crippen LogP contribution is 2.36. The molecule has 0 unspecified atom stereocenters. The first kappa shape index (κ1) is 14.1. The standard InChI is InChI=1S/C14H17N7O2/c15-14-17-12-11(13(18-14)21(19-23)9-3-4-9)16-7-20(12)10-2-1-8(5-10)6-22/h1-2,7-10,22H,3-6H2,(H2,15,17,18)/t8-,10+/m1/s1. The molecule has 2 aromatic rings. The second-order valence-corrected chi connectivity index (χ2v) is 6.02. The maximum atomic E-state index is 11.2. The second-order valence-electron chi connectivity index (χ2n) is 6.02. The SMILES string of the molecule is Nc1nc(N(N=O)C2CC2)c2ncn([C@H]3C=C[C@@H](CO)C3)c2n1. The topological polar surface area (TPSA) is 123 Å². The number of aromatic nitrogens is 4. The van der Waals surface area contributed by atoms with Crippen molar-refractivity contribution >= 4 is 22.9 Å². The number of rotatable bonds is 5. The number of allylic oxidation sites excluding steroid dienone is 1. The molecule has 0 spiro atoms. The molecular formula is C14H17N7O2. The van der Waals surface area contributed by atoms with Crippen LogP contribution in [0.5, 0.6) is 0 Å². The summed E-state index contributed by atoms with van der Waals surface area (Å²) in [6, 6.07) is 0.123. The van der Waals surface area contributed by atoms with Crippen LogP contribution in [0.15, 0.2) is 23.8 Å². The van der Waals surface area contributed by atoms with E-state index >= 15 is 0 Å². The zero-order valence-electron chi connectivity index (χ0n) is 12.4. The van der Waals surface area contributed by atoms with Crippen molar-refractivity contribution in [3.05, 3.63) is 23.4 Å². The lowest BCUT2D eigenvalue weighted by atomic mass is 10.1. The van der Waals surface area contributed by atoms with Gasteiger partial charge in [-0.3, -0.25) is 0 Å². The van der Waals surface area contributed by atoms with E-state index in [1.54, 1.807) is 6.33 Å². The number of aliphatic hydroxyl groups excluding tert-OH is 1. The fourth-order valence-corrected chi connectivity index (χ4v) is 3.01. The molecule has 2 aliphatic carbocycles. The summed E-state index contributed by atoms with van der Waals surface area (Å²) in [5.41, 5.74) is 6.92. The summed E-state index contributed by atoms with van der Waals surface area (Å²) in [6.07, 6.45) is 8.28. The quantitative estimate of drug-likeness (QED) is 0.482. The molecule has 0 amide bonds. The van der Waals surface area contributed by atoms with Gasteiger partial charge >= 0.3 is 0 Å². The average molecular weight is 315 g/mol. The Morgan fingerprint density at radius 2 is 2.22 bits per heavy atom. The summed E-state index contributed by atoms with van der Waals surface area (Å²) in [4.78, 5) is 24.0. The number of nitrogens with zero attached hydrogens (tertiary/aromatic N) is 6. The van der Waals surface area contributed by atoms with Crippen molar-refractivity contribution < 1.29 is 5.11 Å². The first-order chi connectivity index (χ1) is 11.2. The fraction of sp³-hybridized carbons (Fsp3) is 0.500. The number of imidazole rings is 1. The van der Waals surface area contributed by atoms with E-state index in [9.17, 15) is 10.0 Å². The predicted octanol–water partition coefficient (Wildman–Crippen LogP) is 1.17. The molecular weight excluding hydrogens is 298 g/mol. The Kier molecular flexibility index (Phi) is 3.22. The Morgan fingerprint density at radius 1 is 1.39 bits per heavy atom. The lowest BCUT2D eigenvalue weighted by Crippen LogP contribution is -2.20. The molecule has 2 aromatic heterocycles. The summed E-state index contributed by atoms with van der Waals surface area (Å²) >= 11 is 0. The van der Waals surface area contributed by atoms with Crippen LogP contribution in [0.3, 0.4) is 0 Å². The maximum absolute atomic E-state index is 11.2. The van der Waals surface area contributed by atoms with E-state index in [0.717, 1.165) is 19.3 Å². The Morgan fingerprint density at radius 3 is 2.87 bits per heavy atom. The third-order valence-electron chi connectivity index (χ3n) is 4.36. The van der Waals surface area contributed by atoms with Crippen molar-refractivity contribution in [3.8, 4) is 0 Å². The van der Waals surface area contributed by atoms with Gasteiger partial charge in [0.05, 0.1) is 23.7 Å². The van der Waals surface area contributed by atoms with Gasteiger partial charge in [0, 0.05) is 12.5 Å². The van der Waals surface area contributed by atoms with Crippen LogP contribution in [0.2, 0.25) is 0 Å². The van der Waals surface area contributed by atoms with Crippen molar-refractivity contribution in [2.24, 2.45) is 11.2 Å². The lowest BCUT2D eigenvalue weighted by Gasteiger charge is -2.15. The minimum atomic E-state index is 0.0536. The fourth-order valence-electron chi connectivity index (χ4n) is 3.01. The van der Waals surface area contributed by atoms with Crippen molar-refractivity contribution in [3.63, 3.8) is 0 Å². The molecule has 2 atom stereocenters. The van der Waals surface area contributed by atoms with E-state index in [1.165, 1.54) is 5.01 Å². The molecule has 2 heterocycles. The number of anilines is 2. The average Bonchev–Trinajstić information content (AvgIpc) is 3.11. The van der Waals surface area contributed by atoms with Gasteiger partial charge in [0.2, 0.25) is 5.95 Å². The van der Waals surface area contributed by atoms with Crippen LogP contribution >= 0.6 is 0 Å². The molecule has 9 heteroatoms. The largest absolute Gasteiger partial charge is 0.396 e. The molecule has 1 fully saturated rings. The van der Waals surface area contributed by atoms with E-state index < -0.39 is 0 Å². The Bertz CT molecular complexity index is 783. The first-order valence-electron chi connectivity index (χ1n) is 7.63. The van der Waals surface area contributed by atoms with Crippen LogP contribution in [-0.4, -0.2) is 37.3 Å². The van der Waals surface area contributed by atoms with Gasteiger partial charge in [0.25, 0.3) is 0 Å². The van der Waals surface area contributed by atoms with Crippen molar-refractivity contribution in [1.82, 2.24) is 19.5 Å². The number of fused-ring (bicyclic) bond motifs is 1. The summed E-state index contributed by atoms with van der Waals surface area (Å²) in [7, 11) is 0. The summed E-state index contributed by atoms with van der Waals surface area (Å²) in [5.74, 6) is 0.587. The molecule has 0 aromatic carbocycles. The molecule has 4 rings (SSSR count). The second kappa shape index (κ2) is 5.27. The molecule has 9 nitrogen and oxygen atoms in total. The monoisotopic (exact) mass is 315 g/mol. The Hall–Kier alpha value is -2.55. The van der Waals surface area contributed by atoms with Crippen LogP contribution in [-0.2, 0) is 0 Å². The van der Waals surface area contributed by atoms with Crippen LogP contribution in [0.25, 0.3) is 11.2 Å². The third kappa shape index (κ3) is 2.33. The molecule has 0 saturated heterocycles. The number of nitrogen functional groups attached to an aromatic ring is 1. The molecule has 0 aliphatic heterocycles. The first-order valence-corrected chi connectivity index (χ1v) is 7.63. The van der Waals surface area contributed by atoms with Gasteiger partial charge in [-0.1, -0.05) is 12.2 Å². The zero-order valence-corrected chi connectivity index (χ0v) is 12.4. The molecule has 2 aliphatic rings. The van der Waals surface area contributed by atoms with E-state index in [0.29, 0.717) is 17.0 Å². The summed E-state index contributed by atoms with van der Waals surface area (Å²) in [6.45, 7) is 0.118. The van der Waals surface area contributed by atoms with Crippen molar-refractivity contribution in [2.75, 3.05) is 17.3 Å². The highest BCUT2D eigenvalue weighted by molar-refractivity contribution is 5.85. The number of aliphatic hydroxyl groups is 1. The minimum Gasteiger partial charge on any atom is -0.396 e. The number of hydrogen-bond donors (Lipinski definition) is 2. The minimum absolute atomic E-state index is 0.0536. The van der Waals surface area contributed by atoms with Gasteiger partial charge < -0.3 is 15.4 Å². The van der Waals surface area contributed by atoms with E-state index in [1.807, 2.05) is 16.7 Å². The normalized spacial score (nSPS) is 23.5. The highest BCUT2D eigenvalue weighted by atomic mass is 16.3. The smallest absolute Gasteiger partial charge is 0.224 e. The molecule has 0 radical (unpaired) electrons. The number of nitroso groups, excluding NO2 is 1. The third-order valence-corrected chi connectivity index (χ3v) is 4.36. The van der Waals surface area contributed by atoms with Crippen LogP contribution in [0.1, 0.15) is 25.3 Å². The summed E-state index contributed by atoms with van der Waals surface area (Å²) in [5, 5.41) is 13.7. The van der Waals surface area contributed by atoms with Gasteiger partial charge in [0.1, 0.15) is 0 Å². The molecule has 120 valence electrons. The lowest BCUT2D eigenvalue weighted by molar-refractivity contribution is 0.244. The maximum Gasteiger partial charge on any atom is 0.224 e. The van der Waals surface area contributed by atoms with Gasteiger partial charge in [-0.15, -0.1) is 4.91 Å². The van der Waals surface area contributed by atoms with Crippen LogP contribution < -0.4 is 10.7 Å². The molecule has 23 heavy (non-hydrogen) atoms. The number of hydrogen-bond acceptors (Lipinski definition) is 7. The molecule has 0 bridgehead atoms. The Balaban J connectivity index is 1.79. The van der Waals surface area contributed by atoms with E-state index in [4.69, 9.17) is 5.73 Å². The molecule has 1 saturated carbocycles. The highest BCUT2D eigenvalue weighted by Gasteiger charge is 2.34. The number of nitrogens with two attached hydrogens (primary N) is 1. The van der Waals surface area contributed by atoms with Gasteiger partial charge in [-0.25, -0.2) is 9.99 Å². The Labute approximate surface area is 131 Å². The van der Waals surface area contributed by atoms with Gasteiger partial charge in [-0.05, 0) is 19.3 Å².